The van der Waals surface area contributed by atoms with Gasteiger partial charge in [-0.3, -0.25) is 19.8 Å². The lowest BCUT2D eigenvalue weighted by Crippen LogP contribution is -2.48. The van der Waals surface area contributed by atoms with Crippen LogP contribution in [0, 0.1) is 15.9 Å². The summed E-state index contributed by atoms with van der Waals surface area (Å²) in [6, 6.07) is 19.7. The van der Waals surface area contributed by atoms with E-state index >= 15 is 0 Å². The molecule has 7 nitrogen and oxygen atoms in total. The van der Waals surface area contributed by atoms with Gasteiger partial charge in [-0.25, -0.2) is 4.39 Å². The van der Waals surface area contributed by atoms with Gasteiger partial charge in [0, 0.05) is 50.4 Å². The minimum atomic E-state index is -0.457. The summed E-state index contributed by atoms with van der Waals surface area (Å²) in [5, 5.41) is 10.7. The van der Waals surface area contributed by atoms with Crippen molar-refractivity contribution in [3.63, 3.8) is 0 Å². The molecule has 0 saturated carbocycles. The second-order valence-corrected chi connectivity index (χ2v) is 7.93. The molecule has 1 saturated heterocycles. The molecule has 0 N–H and O–H groups in total. The van der Waals surface area contributed by atoms with Crippen LogP contribution in [0.25, 0.3) is 0 Å². The van der Waals surface area contributed by atoms with Crippen molar-refractivity contribution in [2.75, 3.05) is 26.2 Å². The molecule has 1 fully saturated rings. The zero-order valence-electron chi connectivity index (χ0n) is 18.0. The van der Waals surface area contributed by atoms with Crippen LogP contribution in [0.1, 0.15) is 21.5 Å². The first-order chi connectivity index (χ1) is 16.0. The van der Waals surface area contributed by atoms with Crippen LogP contribution in [0.15, 0.2) is 72.8 Å². The number of hydrogen-bond acceptors (Lipinski definition) is 5. The Hall–Kier alpha value is -3.78. The Morgan fingerprint density at radius 3 is 2.30 bits per heavy atom. The molecule has 33 heavy (non-hydrogen) atoms. The van der Waals surface area contributed by atoms with E-state index in [1.54, 1.807) is 30.3 Å². The van der Waals surface area contributed by atoms with Gasteiger partial charge in [0.1, 0.15) is 18.2 Å². The number of nitrogens with zero attached hydrogens (tertiary/aromatic N) is 3. The Morgan fingerprint density at radius 1 is 0.939 bits per heavy atom. The van der Waals surface area contributed by atoms with E-state index in [-0.39, 0.29) is 24.0 Å². The Morgan fingerprint density at radius 2 is 1.64 bits per heavy atom. The number of rotatable bonds is 7. The first-order valence-electron chi connectivity index (χ1n) is 10.7. The number of ether oxygens (including phenoxy) is 1. The normalized spacial score (nSPS) is 14.2. The average Bonchev–Trinajstić information content (AvgIpc) is 2.84. The maximum Gasteiger partial charge on any atom is 0.269 e. The zero-order valence-corrected chi connectivity index (χ0v) is 18.0. The Balaban J connectivity index is 1.30. The van der Waals surface area contributed by atoms with E-state index in [0.29, 0.717) is 24.4 Å². The fourth-order valence-electron chi connectivity index (χ4n) is 3.76. The third kappa shape index (κ3) is 5.93. The molecule has 0 bridgehead atoms. The van der Waals surface area contributed by atoms with Gasteiger partial charge < -0.3 is 9.64 Å². The highest BCUT2D eigenvalue weighted by molar-refractivity contribution is 5.94. The number of non-ortho nitro benzene ring substituents is 1. The number of nitro groups is 1. The molecule has 0 aliphatic carbocycles. The standard InChI is InChI=1S/C25H24FN3O4/c26-22-6-4-19(5-7-22)17-27-12-14-28(15-13-27)25(30)21-3-1-2-20(16-21)18-33-24-10-8-23(9-11-24)29(31)32/h1-11,16H,12-15,17-18H2. The van der Waals surface area contributed by atoms with Crippen LogP contribution < -0.4 is 4.74 Å². The van der Waals surface area contributed by atoms with Gasteiger partial charge in [-0.1, -0.05) is 24.3 Å². The summed E-state index contributed by atoms with van der Waals surface area (Å²) in [6.07, 6.45) is 0. The molecule has 8 heteroatoms. The highest BCUT2D eigenvalue weighted by Crippen LogP contribution is 2.19. The van der Waals surface area contributed by atoms with Crippen LogP contribution in [-0.2, 0) is 13.2 Å². The van der Waals surface area contributed by atoms with Crippen LogP contribution in [0.5, 0.6) is 5.75 Å². The second-order valence-electron chi connectivity index (χ2n) is 7.93. The molecular formula is C25H24FN3O4. The predicted octanol–water partition coefficient (Wildman–Crippen LogP) is 4.27. The van der Waals surface area contributed by atoms with Crippen molar-refractivity contribution >= 4 is 11.6 Å². The second kappa shape index (κ2) is 10.2. The number of hydrogen-bond donors (Lipinski definition) is 0. The van der Waals surface area contributed by atoms with Crippen molar-refractivity contribution < 1.29 is 18.8 Å². The number of piperazine rings is 1. The summed E-state index contributed by atoms with van der Waals surface area (Å²) >= 11 is 0. The minimum Gasteiger partial charge on any atom is -0.489 e. The molecule has 0 spiro atoms. The molecule has 0 atom stereocenters. The molecule has 1 aliphatic heterocycles. The highest BCUT2D eigenvalue weighted by Gasteiger charge is 2.22. The van der Waals surface area contributed by atoms with E-state index in [1.807, 2.05) is 23.1 Å². The van der Waals surface area contributed by atoms with Crippen molar-refractivity contribution in [1.29, 1.82) is 0 Å². The third-order valence-corrected chi connectivity index (χ3v) is 5.61. The summed E-state index contributed by atoms with van der Waals surface area (Å²) in [7, 11) is 0. The molecule has 4 rings (SSSR count). The average molecular weight is 449 g/mol. The Labute approximate surface area is 191 Å². The molecule has 0 radical (unpaired) electrons. The van der Waals surface area contributed by atoms with Gasteiger partial charge in [0.05, 0.1) is 4.92 Å². The van der Waals surface area contributed by atoms with E-state index in [2.05, 4.69) is 4.90 Å². The maximum atomic E-state index is 13.1. The van der Waals surface area contributed by atoms with Gasteiger partial charge in [-0.15, -0.1) is 0 Å². The molecule has 3 aromatic carbocycles. The van der Waals surface area contributed by atoms with Crippen LogP contribution >= 0.6 is 0 Å². The smallest absolute Gasteiger partial charge is 0.269 e. The van der Waals surface area contributed by atoms with E-state index in [0.717, 1.165) is 30.8 Å². The largest absolute Gasteiger partial charge is 0.489 e. The van der Waals surface area contributed by atoms with Gasteiger partial charge in [0.2, 0.25) is 0 Å². The number of halogens is 1. The van der Waals surface area contributed by atoms with E-state index in [4.69, 9.17) is 4.74 Å². The van der Waals surface area contributed by atoms with Crippen LogP contribution in [0.2, 0.25) is 0 Å². The van der Waals surface area contributed by atoms with Gasteiger partial charge in [-0.05, 0) is 47.5 Å². The first-order valence-corrected chi connectivity index (χ1v) is 10.7. The number of benzene rings is 3. The summed E-state index contributed by atoms with van der Waals surface area (Å²) in [5.74, 6) is 0.262. The van der Waals surface area contributed by atoms with Crippen LogP contribution in [-0.4, -0.2) is 46.8 Å². The lowest BCUT2D eigenvalue weighted by Gasteiger charge is -2.34. The molecular weight excluding hydrogens is 425 g/mol. The third-order valence-electron chi connectivity index (χ3n) is 5.61. The van der Waals surface area contributed by atoms with Gasteiger partial charge in [-0.2, -0.15) is 0 Å². The SMILES string of the molecule is O=C(c1cccc(COc2ccc([N+](=O)[O-])cc2)c1)N1CCN(Cc2ccc(F)cc2)CC1. The monoisotopic (exact) mass is 449 g/mol. The molecule has 170 valence electrons. The highest BCUT2D eigenvalue weighted by atomic mass is 19.1. The zero-order chi connectivity index (χ0) is 23.2. The number of carbonyl (C=O) groups is 1. The molecule has 1 aliphatic rings. The van der Waals surface area contributed by atoms with Crippen molar-refractivity contribution in [3.8, 4) is 5.75 Å². The maximum absolute atomic E-state index is 13.1. The van der Waals surface area contributed by atoms with Gasteiger partial charge in [0.15, 0.2) is 0 Å². The molecule has 3 aromatic rings. The van der Waals surface area contributed by atoms with Crippen molar-refractivity contribution in [2.24, 2.45) is 0 Å². The topological polar surface area (TPSA) is 75.9 Å². The predicted molar refractivity (Wildman–Crippen MR) is 121 cm³/mol. The minimum absolute atomic E-state index is 0.00714. The molecule has 0 aromatic heterocycles. The Kier molecular flexibility index (Phi) is 6.95. The van der Waals surface area contributed by atoms with Gasteiger partial charge in [0.25, 0.3) is 11.6 Å². The molecule has 0 unspecified atom stereocenters. The number of amides is 1. The summed E-state index contributed by atoms with van der Waals surface area (Å²) in [6.45, 7) is 3.76. The van der Waals surface area contributed by atoms with Crippen molar-refractivity contribution in [2.45, 2.75) is 13.2 Å². The first kappa shape index (κ1) is 22.4. The molecule has 1 heterocycles. The molecule has 1 amide bonds. The quantitative estimate of drug-likeness (QED) is 0.398. The fraction of sp³-hybridized carbons (Fsp3) is 0.240. The van der Waals surface area contributed by atoms with E-state index in [1.165, 1.54) is 24.3 Å². The lowest BCUT2D eigenvalue weighted by atomic mass is 10.1. The van der Waals surface area contributed by atoms with Crippen LogP contribution in [0.4, 0.5) is 10.1 Å². The van der Waals surface area contributed by atoms with Crippen molar-refractivity contribution in [1.82, 2.24) is 9.80 Å². The van der Waals surface area contributed by atoms with Crippen LogP contribution in [0.3, 0.4) is 0 Å². The Bertz CT molecular complexity index is 1110. The fourth-order valence-corrected chi connectivity index (χ4v) is 3.76. The number of carbonyl (C=O) groups excluding carboxylic acids is 1. The lowest BCUT2D eigenvalue weighted by molar-refractivity contribution is -0.384. The summed E-state index contributed by atoms with van der Waals surface area (Å²) in [4.78, 5) is 27.4. The summed E-state index contributed by atoms with van der Waals surface area (Å²) in [5.41, 5.74) is 2.51. The number of nitro benzene ring substituents is 1. The van der Waals surface area contributed by atoms with E-state index < -0.39 is 4.92 Å². The van der Waals surface area contributed by atoms with E-state index in [9.17, 15) is 19.3 Å². The van der Waals surface area contributed by atoms with Crippen molar-refractivity contribution in [3.05, 3.63) is 105 Å². The van der Waals surface area contributed by atoms with Gasteiger partial charge >= 0.3 is 0 Å². The summed E-state index contributed by atoms with van der Waals surface area (Å²) < 4.78 is 18.8.